The largest absolute Gasteiger partial charge is 0.464 e. The van der Waals surface area contributed by atoms with Crippen molar-refractivity contribution >= 4 is 11.9 Å². The Balaban J connectivity index is 1.58. The normalized spacial score (nSPS) is 25.2. The number of piperazine rings is 1. The van der Waals surface area contributed by atoms with Gasteiger partial charge in [-0.1, -0.05) is 0 Å². The summed E-state index contributed by atoms with van der Waals surface area (Å²) in [6.07, 6.45) is 2.81. The molecule has 1 saturated heterocycles. The molecule has 0 spiro atoms. The van der Waals surface area contributed by atoms with Crippen molar-refractivity contribution in [2.24, 2.45) is 11.8 Å². The van der Waals surface area contributed by atoms with Gasteiger partial charge in [0.2, 0.25) is 0 Å². The third-order valence-electron chi connectivity index (χ3n) is 4.79. The maximum Gasteiger partial charge on any atom is 0.309 e. The average Bonchev–Trinajstić information content (AvgIpc) is 2.63. The first-order chi connectivity index (χ1) is 11.7. The first kappa shape index (κ1) is 19.1. The van der Waals surface area contributed by atoms with E-state index in [9.17, 15) is 9.59 Å². The quantitative estimate of drug-likeness (QED) is 0.506. The van der Waals surface area contributed by atoms with Gasteiger partial charge in [-0.15, -0.1) is 0 Å². The molecule has 1 N–H and O–H groups in total. The Kier molecular flexibility index (Phi) is 8.49. The highest BCUT2D eigenvalue weighted by Gasteiger charge is 2.31. The first-order valence-electron chi connectivity index (χ1n) is 8.96. The Morgan fingerprint density at radius 1 is 0.917 bits per heavy atom. The molecule has 2 fully saturated rings. The van der Waals surface area contributed by atoms with Crippen LogP contribution in [0.25, 0.3) is 0 Å². The molecule has 1 aliphatic carbocycles. The predicted molar refractivity (Wildman–Crippen MR) is 88.6 cm³/mol. The minimum atomic E-state index is -0.169. The summed E-state index contributed by atoms with van der Waals surface area (Å²) in [5.41, 5.74) is 0. The van der Waals surface area contributed by atoms with Gasteiger partial charge in [0.1, 0.15) is 13.2 Å². The van der Waals surface area contributed by atoms with Crippen LogP contribution in [0.3, 0.4) is 0 Å². The van der Waals surface area contributed by atoms with Crippen molar-refractivity contribution in [2.75, 3.05) is 59.7 Å². The lowest BCUT2D eigenvalue weighted by molar-refractivity contribution is -0.156. The Hall–Kier alpha value is -1.18. The van der Waals surface area contributed by atoms with E-state index in [1.807, 2.05) is 0 Å². The fourth-order valence-electron chi connectivity index (χ4n) is 3.24. The lowest BCUT2D eigenvalue weighted by atomic mass is 9.82. The van der Waals surface area contributed by atoms with Crippen LogP contribution in [0.2, 0.25) is 0 Å². The lowest BCUT2D eigenvalue weighted by Gasteiger charge is -2.28. The molecule has 0 aromatic carbocycles. The topological polar surface area (TPSA) is 77.1 Å². The summed E-state index contributed by atoms with van der Waals surface area (Å²) in [7, 11) is 1.58. The minimum Gasteiger partial charge on any atom is -0.464 e. The van der Waals surface area contributed by atoms with Gasteiger partial charge in [-0.2, -0.15) is 0 Å². The number of nitrogens with one attached hydrogen (secondary N) is 1. The van der Waals surface area contributed by atoms with Crippen molar-refractivity contribution < 1.29 is 23.8 Å². The van der Waals surface area contributed by atoms with Crippen LogP contribution in [0.1, 0.15) is 25.7 Å². The molecule has 1 aliphatic heterocycles. The number of ether oxygens (including phenoxy) is 3. The van der Waals surface area contributed by atoms with Gasteiger partial charge in [-0.25, -0.2) is 0 Å². The molecule has 0 bridgehead atoms. The second kappa shape index (κ2) is 10.6. The van der Waals surface area contributed by atoms with Gasteiger partial charge >= 0.3 is 11.9 Å². The van der Waals surface area contributed by atoms with Crippen LogP contribution >= 0.6 is 0 Å². The zero-order valence-corrected chi connectivity index (χ0v) is 14.6. The summed E-state index contributed by atoms with van der Waals surface area (Å²) in [6.45, 7) is 5.98. The second-order valence-corrected chi connectivity index (χ2v) is 6.47. The van der Waals surface area contributed by atoms with Gasteiger partial charge < -0.3 is 19.5 Å². The Labute approximate surface area is 144 Å². The number of carbonyl (C=O) groups is 2. The molecule has 2 rings (SSSR count). The standard InChI is InChI=1S/C17H30N2O5/c1-22-12-13-24-17(21)15-4-2-14(3-5-15)16(20)23-11-10-19-8-6-18-7-9-19/h14-15,18H,2-13H2,1H3. The summed E-state index contributed by atoms with van der Waals surface area (Å²) in [5.74, 6) is -0.447. The molecule has 1 saturated carbocycles. The molecule has 0 unspecified atom stereocenters. The minimum absolute atomic E-state index is 0.0731. The number of methoxy groups -OCH3 is 1. The predicted octanol–water partition coefficient (Wildman–Crippen LogP) is 0.431. The third-order valence-corrected chi connectivity index (χ3v) is 4.79. The average molecular weight is 342 g/mol. The number of carbonyl (C=O) groups excluding carboxylic acids is 2. The van der Waals surface area contributed by atoms with Crippen molar-refractivity contribution in [3.05, 3.63) is 0 Å². The van der Waals surface area contributed by atoms with E-state index in [4.69, 9.17) is 14.2 Å². The molecule has 7 nitrogen and oxygen atoms in total. The van der Waals surface area contributed by atoms with Crippen molar-refractivity contribution in [1.29, 1.82) is 0 Å². The van der Waals surface area contributed by atoms with Crippen LogP contribution in [0, 0.1) is 11.8 Å². The van der Waals surface area contributed by atoms with E-state index in [0.29, 0.717) is 45.5 Å². The third kappa shape index (κ3) is 6.37. The zero-order valence-electron chi connectivity index (χ0n) is 14.6. The van der Waals surface area contributed by atoms with Crippen LogP contribution in [0.15, 0.2) is 0 Å². The highest BCUT2D eigenvalue weighted by molar-refractivity contribution is 5.75. The number of rotatable bonds is 8. The Morgan fingerprint density at radius 2 is 1.46 bits per heavy atom. The van der Waals surface area contributed by atoms with Crippen LogP contribution in [-0.2, 0) is 23.8 Å². The number of nitrogens with zero attached hydrogens (tertiary/aromatic N) is 1. The molecular formula is C17H30N2O5. The molecule has 138 valence electrons. The Morgan fingerprint density at radius 3 is 2.00 bits per heavy atom. The van der Waals surface area contributed by atoms with E-state index in [-0.39, 0.29) is 23.8 Å². The summed E-state index contributed by atoms with van der Waals surface area (Å²) in [6, 6.07) is 0. The number of esters is 2. The van der Waals surface area contributed by atoms with Gasteiger partial charge in [0.15, 0.2) is 0 Å². The van der Waals surface area contributed by atoms with Crippen molar-refractivity contribution in [3.63, 3.8) is 0 Å². The molecule has 7 heteroatoms. The van der Waals surface area contributed by atoms with Crippen molar-refractivity contribution in [2.45, 2.75) is 25.7 Å². The molecule has 24 heavy (non-hydrogen) atoms. The molecule has 0 aromatic heterocycles. The van der Waals surface area contributed by atoms with Crippen molar-refractivity contribution in [1.82, 2.24) is 10.2 Å². The molecule has 1 heterocycles. The van der Waals surface area contributed by atoms with Crippen LogP contribution < -0.4 is 5.32 Å². The van der Waals surface area contributed by atoms with E-state index in [1.54, 1.807) is 7.11 Å². The zero-order chi connectivity index (χ0) is 17.2. The summed E-state index contributed by atoms with van der Waals surface area (Å²) in [5, 5.41) is 3.30. The van der Waals surface area contributed by atoms with E-state index < -0.39 is 0 Å². The highest BCUT2D eigenvalue weighted by atomic mass is 16.6. The monoisotopic (exact) mass is 342 g/mol. The SMILES string of the molecule is COCCOC(=O)C1CCC(C(=O)OCCN2CCNCC2)CC1. The summed E-state index contributed by atoms with van der Waals surface area (Å²) < 4.78 is 15.4. The van der Waals surface area contributed by atoms with Gasteiger partial charge in [0, 0.05) is 39.8 Å². The molecule has 0 aromatic rings. The maximum absolute atomic E-state index is 12.1. The van der Waals surface area contributed by atoms with E-state index in [2.05, 4.69) is 10.2 Å². The molecule has 2 aliphatic rings. The maximum atomic E-state index is 12.1. The van der Waals surface area contributed by atoms with Gasteiger partial charge in [-0.3, -0.25) is 14.5 Å². The first-order valence-corrected chi connectivity index (χ1v) is 8.96. The number of hydrogen-bond acceptors (Lipinski definition) is 7. The molecular weight excluding hydrogens is 312 g/mol. The van der Waals surface area contributed by atoms with E-state index in [0.717, 1.165) is 32.7 Å². The van der Waals surface area contributed by atoms with E-state index in [1.165, 1.54) is 0 Å². The van der Waals surface area contributed by atoms with Crippen LogP contribution in [-0.4, -0.2) is 76.5 Å². The fourth-order valence-corrected chi connectivity index (χ4v) is 3.24. The highest BCUT2D eigenvalue weighted by Crippen LogP contribution is 2.30. The summed E-state index contributed by atoms with van der Waals surface area (Å²) in [4.78, 5) is 26.3. The van der Waals surface area contributed by atoms with Gasteiger partial charge in [0.05, 0.1) is 18.4 Å². The second-order valence-electron chi connectivity index (χ2n) is 6.47. The molecule has 0 atom stereocenters. The van der Waals surface area contributed by atoms with Crippen molar-refractivity contribution in [3.8, 4) is 0 Å². The molecule has 0 radical (unpaired) electrons. The lowest BCUT2D eigenvalue weighted by Crippen LogP contribution is -2.44. The smallest absolute Gasteiger partial charge is 0.309 e. The van der Waals surface area contributed by atoms with E-state index >= 15 is 0 Å². The van der Waals surface area contributed by atoms with Gasteiger partial charge in [-0.05, 0) is 25.7 Å². The van der Waals surface area contributed by atoms with Crippen LogP contribution in [0.4, 0.5) is 0 Å². The van der Waals surface area contributed by atoms with Gasteiger partial charge in [0.25, 0.3) is 0 Å². The summed E-state index contributed by atoms with van der Waals surface area (Å²) >= 11 is 0. The molecule has 0 amide bonds. The Bertz CT molecular complexity index is 390. The number of hydrogen-bond donors (Lipinski definition) is 1. The fraction of sp³-hybridized carbons (Fsp3) is 0.882. The van der Waals surface area contributed by atoms with Crippen LogP contribution in [0.5, 0.6) is 0 Å².